The van der Waals surface area contributed by atoms with Crippen molar-refractivity contribution in [2.75, 3.05) is 0 Å². The molecule has 2 saturated carbocycles. The number of hydrogen-bond acceptors (Lipinski definition) is 1. The average molecular weight is 326 g/mol. The molecular formula is C17H21Cl2NO. The maximum atomic E-state index is 12.6. The number of amides is 1. The fourth-order valence-electron chi connectivity index (χ4n) is 4.54. The molecule has 4 heteroatoms. The van der Waals surface area contributed by atoms with Crippen LogP contribution in [0.2, 0.25) is 10.0 Å². The zero-order chi connectivity index (χ0) is 15.4. The van der Waals surface area contributed by atoms with Crippen LogP contribution in [0.25, 0.3) is 0 Å². The zero-order valence-corrected chi connectivity index (χ0v) is 14.2. The molecule has 1 aromatic carbocycles. The van der Waals surface area contributed by atoms with Gasteiger partial charge in [-0.15, -0.1) is 0 Å². The van der Waals surface area contributed by atoms with E-state index in [0.29, 0.717) is 21.5 Å². The van der Waals surface area contributed by atoms with Crippen LogP contribution < -0.4 is 5.32 Å². The largest absolute Gasteiger partial charge is 0.348 e. The lowest BCUT2D eigenvalue weighted by molar-refractivity contribution is 0.0737. The highest BCUT2D eigenvalue weighted by atomic mass is 35.5. The van der Waals surface area contributed by atoms with Gasteiger partial charge in [-0.2, -0.15) is 0 Å². The second-order valence-electron chi connectivity index (χ2n) is 7.45. The summed E-state index contributed by atoms with van der Waals surface area (Å²) in [6.07, 6.45) is 3.68. The Labute approximate surface area is 136 Å². The van der Waals surface area contributed by atoms with E-state index in [-0.39, 0.29) is 22.8 Å². The lowest BCUT2D eigenvalue weighted by atomic mass is 9.68. The maximum absolute atomic E-state index is 12.6. The third-order valence-corrected chi connectivity index (χ3v) is 6.27. The maximum Gasteiger partial charge on any atom is 0.253 e. The van der Waals surface area contributed by atoms with Crippen LogP contribution in [-0.2, 0) is 0 Å². The van der Waals surface area contributed by atoms with Crippen LogP contribution in [0.3, 0.4) is 0 Å². The lowest BCUT2D eigenvalue weighted by Crippen LogP contribution is -2.52. The molecule has 0 unspecified atom stereocenters. The average Bonchev–Trinajstić information content (AvgIpc) is 2.85. The highest BCUT2D eigenvalue weighted by Gasteiger charge is 2.59. The van der Waals surface area contributed by atoms with Gasteiger partial charge in [0.1, 0.15) is 0 Å². The predicted octanol–water partition coefficient (Wildman–Crippen LogP) is 4.94. The van der Waals surface area contributed by atoms with Gasteiger partial charge in [-0.05, 0) is 54.2 Å². The van der Waals surface area contributed by atoms with Crippen molar-refractivity contribution in [1.29, 1.82) is 0 Å². The molecule has 2 aliphatic rings. The van der Waals surface area contributed by atoms with Gasteiger partial charge in [0.25, 0.3) is 5.91 Å². The van der Waals surface area contributed by atoms with Crippen molar-refractivity contribution in [3.8, 4) is 0 Å². The van der Waals surface area contributed by atoms with Crippen molar-refractivity contribution in [2.45, 2.75) is 46.1 Å². The van der Waals surface area contributed by atoms with Crippen LogP contribution in [0.1, 0.15) is 50.4 Å². The van der Waals surface area contributed by atoms with Gasteiger partial charge < -0.3 is 5.32 Å². The highest BCUT2D eigenvalue weighted by Crippen LogP contribution is 2.62. The number of hydrogen-bond donors (Lipinski definition) is 1. The standard InChI is InChI=1S/C17H21Cl2NO/c1-16(2)10-6-7-17(3,9-10)15(16)20-14(21)12-5-4-11(18)8-13(12)19/h4-5,8,10,15H,6-7,9H2,1-3H3,(H,20,21)/t10-,15+,17-/m1/s1. The molecule has 2 fully saturated rings. The van der Waals surface area contributed by atoms with Crippen LogP contribution >= 0.6 is 23.2 Å². The first-order valence-electron chi connectivity index (χ1n) is 7.50. The van der Waals surface area contributed by atoms with Crippen LogP contribution in [-0.4, -0.2) is 11.9 Å². The molecule has 1 amide bonds. The van der Waals surface area contributed by atoms with Crippen molar-refractivity contribution in [2.24, 2.45) is 16.7 Å². The molecule has 0 heterocycles. The molecule has 2 nitrogen and oxygen atoms in total. The molecule has 0 spiro atoms. The van der Waals surface area contributed by atoms with Gasteiger partial charge in [-0.3, -0.25) is 4.79 Å². The Morgan fingerprint density at radius 2 is 2.00 bits per heavy atom. The van der Waals surface area contributed by atoms with Crippen molar-refractivity contribution in [1.82, 2.24) is 5.32 Å². The van der Waals surface area contributed by atoms with E-state index in [0.717, 1.165) is 0 Å². The van der Waals surface area contributed by atoms with Gasteiger partial charge in [0.2, 0.25) is 0 Å². The molecule has 3 atom stereocenters. The molecule has 2 aliphatic carbocycles. The van der Waals surface area contributed by atoms with Crippen LogP contribution in [0.4, 0.5) is 0 Å². The molecule has 0 aliphatic heterocycles. The van der Waals surface area contributed by atoms with Gasteiger partial charge >= 0.3 is 0 Å². The quantitative estimate of drug-likeness (QED) is 0.819. The first kappa shape index (κ1) is 15.2. The zero-order valence-electron chi connectivity index (χ0n) is 12.7. The second kappa shape index (κ2) is 4.89. The van der Waals surface area contributed by atoms with Gasteiger partial charge in [0.15, 0.2) is 0 Å². The summed E-state index contributed by atoms with van der Waals surface area (Å²) in [5, 5.41) is 4.20. The van der Waals surface area contributed by atoms with E-state index in [1.54, 1.807) is 18.2 Å². The van der Waals surface area contributed by atoms with E-state index in [1.165, 1.54) is 19.3 Å². The Bertz CT molecular complexity index is 594. The summed E-state index contributed by atoms with van der Waals surface area (Å²) in [5.74, 6) is 0.608. The van der Waals surface area contributed by atoms with E-state index < -0.39 is 0 Å². The molecule has 0 saturated heterocycles. The van der Waals surface area contributed by atoms with Crippen molar-refractivity contribution >= 4 is 29.1 Å². The summed E-state index contributed by atoms with van der Waals surface area (Å²) in [5.41, 5.74) is 0.854. The SMILES string of the molecule is CC1(C)[C@@H]2CC[C@](C)(C2)[C@H]1NC(=O)c1ccc(Cl)cc1Cl. The van der Waals surface area contributed by atoms with E-state index in [1.807, 2.05) is 0 Å². The Morgan fingerprint density at radius 1 is 1.29 bits per heavy atom. The number of nitrogens with one attached hydrogen (secondary N) is 1. The molecule has 1 aromatic rings. The fraction of sp³-hybridized carbons (Fsp3) is 0.588. The second-order valence-corrected chi connectivity index (χ2v) is 8.29. The summed E-state index contributed by atoms with van der Waals surface area (Å²) < 4.78 is 0. The summed E-state index contributed by atoms with van der Waals surface area (Å²) in [7, 11) is 0. The molecular weight excluding hydrogens is 305 g/mol. The van der Waals surface area contributed by atoms with Crippen molar-refractivity contribution < 1.29 is 4.79 Å². The molecule has 1 N–H and O–H groups in total. The van der Waals surface area contributed by atoms with Gasteiger partial charge in [0.05, 0.1) is 10.6 Å². The van der Waals surface area contributed by atoms with Gasteiger partial charge in [0, 0.05) is 11.1 Å². The normalized spacial score (nSPS) is 33.2. The summed E-state index contributed by atoms with van der Waals surface area (Å²) >= 11 is 12.0. The van der Waals surface area contributed by atoms with Crippen LogP contribution in [0, 0.1) is 16.7 Å². The fourth-order valence-corrected chi connectivity index (χ4v) is 5.04. The van der Waals surface area contributed by atoms with Gasteiger partial charge in [-0.25, -0.2) is 0 Å². The van der Waals surface area contributed by atoms with Crippen LogP contribution in [0.5, 0.6) is 0 Å². The molecule has 0 radical (unpaired) electrons. The Kier molecular flexibility index (Phi) is 3.53. The van der Waals surface area contributed by atoms with Crippen molar-refractivity contribution in [3.63, 3.8) is 0 Å². The molecule has 0 aromatic heterocycles. The Balaban J connectivity index is 1.85. The number of carbonyl (C=O) groups excluding carboxylic acids is 1. The number of rotatable bonds is 2. The number of benzene rings is 1. The first-order chi connectivity index (χ1) is 9.74. The van der Waals surface area contributed by atoms with E-state index in [4.69, 9.17) is 23.2 Å². The lowest BCUT2D eigenvalue weighted by Gasteiger charge is -2.43. The molecule has 21 heavy (non-hydrogen) atoms. The number of halogens is 2. The highest BCUT2D eigenvalue weighted by molar-refractivity contribution is 6.36. The smallest absolute Gasteiger partial charge is 0.253 e. The molecule has 3 rings (SSSR count). The van der Waals surface area contributed by atoms with Gasteiger partial charge in [-0.1, -0.05) is 44.0 Å². The summed E-state index contributed by atoms with van der Waals surface area (Å²) in [4.78, 5) is 12.6. The summed E-state index contributed by atoms with van der Waals surface area (Å²) in [6.45, 7) is 6.85. The minimum Gasteiger partial charge on any atom is -0.348 e. The van der Waals surface area contributed by atoms with E-state index in [9.17, 15) is 4.79 Å². The van der Waals surface area contributed by atoms with Crippen molar-refractivity contribution in [3.05, 3.63) is 33.8 Å². The third-order valence-electron chi connectivity index (χ3n) is 5.72. The topological polar surface area (TPSA) is 29.1 Å². The number of carbonyl (C=O) groups is 1. The minimum absolute atomic E-state index is 0.0940. The molecule has 2 bridgehead atoms. The minimum atomic E-state index is -0.0940. The number of fused-ring (bicyclic) bond motifs is 2. The summed E-state index contributed by atoms with van der Waals surface area (Å²) in [6, 6.07) is 5.22. The third kappa shape index (κ3) is 2.37. The molecule has 114 valence electrons. The van der Waals surface area contributed by atoms with E-state index in [2.05, 4.69) is 26.1 Å². The Morgan fingerprint density at radius 3 is 2.57 bits per heavy atom. The van der Waals surface area contributed by atoms with E-state index >= 15 is 0 Å². The predicted molar refractivity (Wildman–Crippen MR) is 86.9 cm³/mol. The Hall–Kier alpha value is -0.730. The van der Waals surface area contributed by atoms with Crippen LogP contribution in [0.15, 0.2) is 18.2 Å². The monoisotopic (exact) mass is 325 g/mol. The first-order valence-corrected chi connectivity index (χ1v) is 8.25.